The quantitative estimate of drug-likeness (QED) is 0.851. The first-order valence-corrected chi connectivity index (χ1v) is 7.69. The Hall–Kier alpha value is -1.10. The molecule has 2 nitrogen and oxygen atoms in total. The van der Waals surface area contributed by atoms with Crippen LogP contribution in [0.4, 0.5) is 4.39 Å². The molecule has 0 amide bonds. The van der Waals surface area contributed by atoms with E-state index in [0.717, 1.165) is 17.9 Å². The van der Waals surface area contributed by atoms with Crippen LogP contribution in [0, 0.1) is 5.82 Å². The highest BCUT2D eigenvalue weighted by molar-refractivity contribution is 7.10. The summed E-state index contributed by atoms with van der Waals surface area (Å²) >= 11 is 7.35. The van der Waals surface area contributed by atoms with E-state index in [-0.39, 0.29) is 16.9 Å². The zero-order valence-corrected chi connectivity index (χ0v) is 13.0. The van der Waals surface area contributed by atoms with E-state index in [1.54, 1.807) is 24.5 Å². The molecule has 20 heavy (non-hydrogen) atoms. The first-order valence-electron chi connectivity index (χ1n) is 6.43. The minimum atomic E-state index is -0.372. The van der Waals surface area contributed by atoms with Crippen molar-refractivity contribution in [3.05, 3.63) is 50.9 Å². The van der Waals surface area contributed by atoms with Gasteiger partial charge in [-0.15, -0.1) is 11.3 Å². The largest absolute Gasteiger partial charge is 0.496 e. The molecule has 2 aromatic rings. The molecule has 1 N–H and O–H groups in total. The summed E-state index contributed by atoms with van der Waals surface area (Å²) in [6, 6.07) is 7.13. The maximum absolute atomic E-state index is 13.5. The van der Waals surface area contributed by atoms with Crippen molar-refractivity contribution >= 4 is 22.9 Å². The van der Waals surface area contributed by atoms with Crippen molar-refractivity contribution < 1.29 is 9.13 Å². The van der Waals surface area contributed by atoms with Gasteiger partial charge in [0.2, 0.25) is 0 Å². The molecule has 0 aliphatic rings. The Morgan fingerprint density at radius 1 is 1.40 bits per heavy atom. The van der Waals surface area contributed by atoms with Crippen LogP contribution in [0.25, 0.3) is 0 Å². The van der Waals surface area contributed by atoms with Crippen LogP contribution >= 0.6 is 22.9 Å². The van der Waals surface area contributed by atoms with Crippen LogP contribution in [0.3, 0.4) is 0 Å². The third-order valence-corrected chi connectivity index (χ3v) is 4.38. The van der Waals surface area contributed by atoms with Gasteiger partial charge in [0.25, 0.3) is 0 Å². The average molecular weight is 314 g/mol. The van der Waals surface area contributed by atoms with Gasteiger partial charge in [-0.1, -0.05) is 24.6 Å². The van der Waals surface area contributed by atoms with E-state index in [1.807, 2.05) is 17.5 Å². The fourth-order valence-corrected chi connectivity index (χ4v) is 3.10. The highest BCUT2D eigenvalue weighted by Crippen LogP contribution is 2.29. The molecule has 108 valence electrons. The number of halogens is 2. The topological polar surface area (TPSA) is 21.3 Å². The molecule has 0 radical (unpaired) electrons. The normalized spacial score (nSPS) is 12.4. The standard InChI is InChI=1S/C15H17ClFNOS/c1-3-18-14(15-8-11(19-2)9-20-15)7-10-4-5-12(16)13(17)6-10/h4-6,8-9,14,18H,3,7H2,1-2H3. The van der Waals surface area contributed by atoms with Crippen LogP contribution in [-0.2, 0) is 6.42 Å². The van der Waals surface area contributed by atoms with Crippen LogP contribution in [0.1, 0.15) is 23.4 Å². The second kappa shape index (κ2) is 7.07. The molecule has 5 heteroatoms. The zero-order valence-electron chi connectivity index (χ0n) is 11.5. The number of ether oxygens (including phenoxy) is 1. The van der Waals surface area contributed by atoms with Gasteiger partial charge in [-0.05, 0) is 36.7 Å². The minimum absolute atomic E-state index is 0.148. The lowest BCUT2D eigenvalue weighted by atomic mass is 10.0. The second-order valence-corrected chi connectivity index (χ2v) is 5.80. The third kappa shape index (κ3) is 3.72. The lowest BCUT2D eigenvalue weighted by Gasteiger charge is -2.16. The fourth-order valence-electron chi connectivity index (χ4n) is 2.05. The molecule has 2 rings (SSSR count). The minimum Gasteiger partial charge on any atom is -0.496 e. The number of hydrogen-bond donors (Lipinski definition) is 1. The molecule has 0 aliphatic carbocycles. The summed E-state index contributed by atoms with van der Waals surface area (Å²) in [5, 5.41) is 5.55. The molecule has 0 bridgehead atoms. The molecule has 0 saturated heterocycles. The summed E-state index contributed by atoms with van der Waals surface area (Å²) in [6.45, 7) is 2.90. The number of benzene rings is 1. The lowest BCUT2D eigenvalue weighted by Crippen LogP contribution is -2.22. The number of nitrogens with one attached hydrogen (secondary N) is 1. The maximum atomic E-state index is 13.5. The number of likely N-dealkylation sites (N-methyl/N-ethyl adjacent to an activating group) is 1. The lowest BCUT2D eigenvalue weighted by molar-refractivity contribution is 0.415. The molecule has 1 heterocycles. The molecule has 0 saturated carbocycles. The van der Waals surface area contributed by atoms with Gasteiger partial charge >= 0.3 is 0 Å². The van der Waals surface area contributed by atoms with Crippen LogP contribution in [-0.4, -0.2) is 13.7 Å². The van der Waals surface area contributed by atoms with Crippen LogP contribution in [0.5, 0.6) is 5.75 Å². The van der Waals surface area contributed by atoms with Crippen molar-refractivity contribution in [2.24, 2.45) is 0 Å². The zero-order chi connectivity index (χ0) is 14.5. The van der Waals surface area contributed by atoms with E-state index in [0.29, 0.717) is 6.42 Å². The van der Waals surface area contributed by atoms with Gasteiger partial charge < -0.3 is 10.1 Å². The Morgan fingerprint density at radius 2 is 2.20 bits per heavy atom. The monoisotopic (exact) mass is 313 g/mol. The molecule has 0 fully saturated rings. The Bertz CT molecular complexity index is 573. The van der Waals surface area contributed by atoms with Crippen LogP contribution < -0.4 is 10.1 Å². The molecule has 1 aromatic heterocycles. The first kappa shape index (κ1) is 15.3. The van der Waals surface area contributed by atoms with Crippen molar-refractivity contribution in [2.45, 2.75) is 19.4 Å². The van der Waals surface area contributed by atoms with E-state index in [2.05, 4.69) is 12.2 Å². The van der Waals surface area contributed by atoms with Crippen molar-refractivity contribution in [1.29, 1.82) is 0 Å². The van der Waals surface area contributed by atoms with Gasteiger partial charge in [0, 0.05) is 16.3 Å². The highest BCUT2D eigenvalue weighted by Gasteiger charge is 2.15. The Balaban J connectivity index is 2.18. The van der Waals surface area contributed by atoms with Crippen LogP contribution in [0.2, 0.25) is 5.02 Å². The summed E-state index contributed by atoms with van der Waals surface area (Å²) in [5.41, 5.74) is 0.921. The number of rotatable bonds is 6. The SMILES string of the molecule is CCNC(Cc1ccc(Cl)c(F)c1)c1cc(OC)cs1. The maximum Gasteiger partial charge on any atom is 0.142 e. The molecule has 1 aromatic carbocycles. The summed E-state index contributed by atoms with van der Waals surface area (Å²) in [4.78, 5) is 1.18. The predicted octanol–water partition coefficient (Wildman–Crippen LogP) is 4.44. The van der Waals surface area contributed by atoms with Gasteiger partial charge in [0.05, 0.1) is 12.1 Å². The summed E-state index contributed by atoms with van der Waals surface area (Å²) in [7, 11) is 1.66. The van der Waals surface area contributed by atoms with Crippen LogP contribution in [0.15, 0.2) is 29.6 Å². The van der Waals surface area contributed by atoms with Gasteiger partial charge in [-0.25, -0.2) is 4.39 Å². The van der Waals surface area contributed by atoms with E-state index >= 15 is 0 Å². The van der Waals surface area contributed by atoms with Crippen molar-refractivity contribution in [3.63, 3.8) is 0 Å². The Kier molecular flexibility index (Phi) is 5.40. The second-order valence-electron chi connectivity index (χ2n) is 4.45. The summed E-state index contributed by atoms with van der Waals surface area (Å²) < 4.78 is 18.7. The average Bonchev–Trinajstić information content (AvgIpc) is 2.91. The molecule has 0 aliphatic heterocycles. The van der Waals surface area contributed by atoms with Gasteiger partial charge in [-0.2, -0.15) is 0 Å². The Morgan fingerprint density at radius 3 is 2.80 bits per heavy atom. The first-order chi connectivity index (χ1) is 9.63. The van der Waals surface area contributed by atoms with E-state index in [4.69, 9.17) is 16.3 Å². The van der Waals surface area contributed by atoms with Crippen molar-refractivity contribution in [1.82, 2.24) is 5.32 Å². The fraction of sp³-hybridized carbons (Fsp3) is 0.333. The highest BCUT2D eigenvalue weighted by atomic mass is 35.5. The summed E-state index contributed by atoms with van der Waals surface area (Å²) in [6.07, 6.45) is 0.714. The van der Waals surface area contributed by atoms with Crippen molar-refractivity contribution in [2.75, 3.05) is 13.7 Å². The molecular formula is C15H17ClFNOS. The Labute approximate surface area is 127 Å². The van der Waals surface area contributed by atoms with Gasteiger partial charge in [0.15, 0.2) is 0 Å². The van der Waals surface area contributed by atoms with E-state index in [9.17, 15) is 4.39 Å². The van der Waals surface area contributed by atoms with Gasteiger partial charge in [-0.3, -0.25) is 0 Å². The third-order valence-electron chi connectivity index (χ3n) is 3.05. The molecule has 1 unspecified atom stereocenters. The number of hydrogen-bond acceptors (Lipinski definition) is 3. The molecular weight excluding hydrogens is 297 g/mol. The molecule has 1 atom stereocenters. The molecule has 0 spiro atoms. The smallest absolute Gasteiger partial charge is 0.142 e. The van der Waals surface area contributed by atoms with E-state index < -0.39 is 0 Å². The van der Waals surface area contributed by atoms with E-state index in [1.165, 1.54) is 10.9 Å². The number of methoxy groups -OCH3 is 1. The predicted molar refractivity (Wildman–Crippen MR) is 82.4 cm³/mol. The number of thiophene rings is 1. The van der Waals surface area contributed by atoms with Crippen molar-refractivity contribution in [3.8, 4) is 5.75 Å². The van der Waals surface area contributed by atoms with Gasteiger partial charge in [0.1, 0.15) is 11.6 Å². The summed E-state index contributed by atoms with van der Waals surface area (Å²) in [5.74, 6) is 0.485.